The Kier molecular flexibility index (Phi) is 3.06. The van der Waals surface area contributed by atoms with Crippen LogP contribution in [0.1, 0.15) is 11.1 Å². The van der Waals surface area contributed by atoms with Gasteiger partial charge >= 0.3 is 0 Å². The molecule has 1 aromatic carbocycles. The minimum absolute atomic E-state index is 0.905. The minimum Gasteiger partial charge on any atom is -0.275 e. The number of benzene rings is 1. The number of rotatable bonds is 0. The quantitative estimate of drug-likeness (QED) is 0.597. The highest BCUT2D eigenvalue weighted by Crippen LogP contribution is 2.20. The summed E-state index contributed by atoms with van der Waals surface area (Å²) in [5.41, 5.74) is 2.82. The van der Waals surface area contributed by atoms with Crippen LogP contribution in [0.5, 0.6) is 0 Å². The number of aromatic nitrogens is 3. The molecule has 0 bridgehead atoms. The maximum absolute atomic E-state index is 4.34. The molecule has 4 heteroatoms. The van der Waals surface area contributed by atoms with E-state index in [9.17, 15) is 0 Å². The number of hydrogen-bond acceptors (Lipinski definition) is 2. The van der Waals surface area contributed by atoms with E-state index in [1.165, 1.54) is 0 Å². The van der Waals surface area contributed by atoms with Gasteiger partial charge < -0.3 is 0 Å². The largest absolute Gasteiger partial charge is 0.275 e. The van der Waals surface area contributed by atoms with Crippen LogP contribution in [0.15, 0.2) is 47.3 Å². The molecule has 0 spiro atoms. The molecule has 0 saturated carbocycles. The number of nitrogens with zero attached hydrogens (tertiary/aromatic N) is 3. The van der Waals surface area contributed by atoms with E-state index in [2.05, 4.69) is 37.9 Å². The molecular weight excluding hydrogens is 302 g/mol. The highest BCUT2D eigenvalue weighted by Gasteiger charge is 2.00. The van der Waals surface area contributed by atoms with Crippen molar-refractivity contribution >= 4 is 26.8 Å². The molecular formula is C15H10BrN3. The van der Waals surface area contributed by atoms with Crippen LogP contribution in [0.25, 0.3) is 10.9 Å². The summed E-state index contributed by atoms with van der Waals surface area (Å²) in [6, 6.07) is 7.93. The third-order valence-electron chi connectivity index (χ3n) is 2.75. The van der Waals surface area contributed by atoms with Crippen LogP contribution in [-0.4, -0.2) is 14.8 Å². The predicted octanol–water partition coefficient (Wildman–Crippen LogP) is 3.13. The van der Waals surface area contributed by atoms with Gasteiger partial charge in [0.2, 0.25) is 0 Å². The van der Waals surface area contributed by atoms with Gasteiger partial charge in [-0.3, -0.25) is 9.67 Å². The van der Waals surface area contributed by atoms with E-state index in [4.69, 9.17) is 0 Å². The zero-order chi connectivity index (χ0) is 13.2. The Morgan fingerprint density at radius 2 is 2.11 bits per heavy atom. The van der Waals surface area contributed by atoms with Gasteiger partial charge in [0, 0.05) is 34.9 Å². The van der Waals surface area contributed by atoms with E-state index in [-0.39, 0.29) is 0 Å². The molecule has 0 saturated heterocycles. The fraction of sp³-hybridized carbons (Fsp3) is 0.0667. The van der Waals surface area contributed by atoms with Crippen molar-refractivity contribution in [1.82, 2.24) is 14.8 Å². The van der Waals surface area contributed by atoms with Gasteiger partial charge in [-0.05, 0) is 24.3 Å². The molecule has 2 heterocycles. The number of pyridine rings is 1. The Labute approximate surface area is 119 Å². The molecule has 0 fully saturated rings. The SMILES string of the molecule is Cn1cc(C#Cc2ccnc3ccc(Br)cc23)cn1. The summed E-state index contributed by atoms with van der Waals surface area (Å²) in [4.78, 5) is 4.34. The first-order valence-electron chi connectivity index (χ1n) is 5.77. The molecule has 0 aliphatic carbocycles. The average molecular weight is 312 g/mol. The van der Waals surface area contributed by atoms with Crippen LogP contribution in [0, 0.1) is 11.8 Å². The van der Waals surface area contributed by atoms with Crippen molar-refractivity contribution in [2.75, 3.05) is 0 Å². The van der Waals surface area contributed by atoms with Crippen LogP contribution in [-0.2, 0) is 7.05 Å². The summed E-state index contributed by atoms with van der Waals surface area (Å²) in [5, 5.41) is 5.15. The van der Waals surface area contributed by atoms with Crippen molar-refractivity contribution < 1.29 is 0 Å². The second kappa shape index (κ2) is 4.87. The molecule has 2 aromatic heterocycles. The molecule has 0 radical (unpaired) electrons. The molecule has 3 rings (SSSR count). The Hall–Kier alpha value is -2.12. The van der Waals surface area contributed by atoms with Gasteiger partial charge in [0.1, 0.15) is 0 Å². The number of hydrogen-bond donors (Lipinski definition) is 0. The standard InChI is InChI=1S/C15H10BrN3/c1-19-10-11(9-18-19)2-3-12-6-7-17-15-5-4-13(16)8-14(12)15/h4-10H,1H3. The van der Waals surface area contributed by atoms with Crippen LogP contribution in [0.3, 0.4) is 0 Å². The van der Waals surface area contributed by atoms with Crippen molar-refractivity contribution in [3.05, 3.63) is 58.5 Å². The molecule has 0 amide bonds. The van der Waals surface area contributed by atoms with Crippen molar-refractivity contribution in [3.63, 3.8) is 0 Å². The summed E-state index contributed by atoms with van der Waals surface area (Å²) < 4.78 is 2.77. The summed E-state index contributed by atoms with van der Waals surface area (Å²) in [6.45, 7) is 0. The number of fused-ring (bicyclic) bond motifs is 1. The predicted molar refractivity (Wildman–Crippen MR) is 78.6 cm³/mol. The van der Waals surface area contributed by atoms with Gasteiger partial charge in [-0.25, -0.2) is 0 Å². The third kappa shape index (κ3) is 2.51. The number of halogens is 1. The van der Waals surface area contributed by atoms with E-state index in [1.807, 2.05) is 37.5 Å². The normalized spacial score (nSPS) is 10.2. The highest BCUT2D eigenvalue weighted by atomic mass is 79.9. The lowest BCUT2D eigenvalue weighted by Crippen LogP contribution is -1.84. The Bertz CT molecular complexity index is 809. The first kappa shape index (κ1) is 11.9. The van der Waals surface area contributed by atoms with Gasteiger partial charge in [-0.1, -0.05) is 27.8 Å². The minimum atomic E-state index is 0.905. The van der Waals surface area contributed by atoms with Crippen molar-refractivity contribution in [1.29, 1.82) is 0 Å². The fourth-order valence-electron chi connectivity index (χ4n) is 1.85. The zero-order valence-corrected chi connectivity index (χ0v) is 11.8. The van der Waals surface area contributed by atoms with E-state index >= 15 is 0 Å². The van der Waals surface area contributed by atoms with Crippen molar-refractivity contribution in [3.8, 4) is 11.8 Å². The summed E-state index contributed by atoms with van der Waals surface area (Å²) >= 11 is 3.48. The van der Waals surface area contributed by atoms with Crippen molar-refractivity contribution in [2.45, 2.75) is 0 Å². The molecule has 0 unspecified atom stereocenters. The monoisotopic (exact) mass is 311 g/mol. The van der Waals surface area contributed by atoms with E-state index in [0.29, 0.717) is 0 Å². The molecule has 19 heavy (non-hydrogen) atoms. The lowest BCUT2D eigenvalue weighted by Gasteiger charge is -2.00. The summed E-state index contributed by atoms with van der Waals surface area (Å²) in [6.07, 6.45) is 5.43. The number of aryl methyl sites for hydroxylation is 1. The Morgan fingerprint density at radius 1 is 1.21 bits per heavy atom. The van der Waals surface area contributed by atoms with Gasteiger partial charge in [-0.2, -0.15) is 5.10 Å². The van der Waals surface area contributed by atoms with E-state index in [1.54, 1.807) is 17.1 Å². The Balaban J connectivity index is 2.10. The lowest BCUT2D eigenvalue weighted by atomic mass is 10.1. The molecule has 3 aromatic rings. The van der Waals surface area contributed by atoms with Gasteiger partial charge in [0.15, 0.2) is 0 Å². The first-order valence-corrected chi connectivity index (χ1v) is 6.56. The average Bonchev–Trinajstić information content (AvgIpc) is 2.82. The molecule has 0 N–H and O–H groups in total. The molecule has 0 aliphatic rings. The van der Waals surface area contributed by atoms with E-state index in [0.717, 1.165) is 26.5 Å². The lowest BCUT2D eigenvalue weighted by molar-refractivity contribution is 0.767. The second-order valence-electron chi connectivity index (χ2n) is 4.17. The van der Waals surface area contributed by atoms with Gasteiger partial charge in [-0.15, -0.1) is 0 Å². The molecule has 92 valence electrons. The first-order chi connectivity index (χ1) is 9.22. The van der Waals surface area contributed by atoms with Gasteiger partial charge in [0.05, 0.1) is 17.3 Å². The molecule has 0 aliphatic heterocycles. The highest BCUT2D eigenvalue weighted by molar-refractivity contribution is 9.10. The second-order valence-corrected chi connectivity index (χ2v) is 5.09. The molecule has 0 atom stereocenters. The maximum Gasteiger partial charge on any atom is 0.0715 e. The molecule has 3 nitrogen and oxygen atoms in total. The summed E-state index contributed by atoms with van der Waals surface area (Å²) in [5.74, 6) is 6.30. The van der Waals surface area contributed by atoms with Crippen LogP contribution < -0.4 is 0 Å². The topological polar surface area (TPSA) is 30.7 Å². The van der Waals surface area contributed by atoms with E-state index < -0.39 is 0 Å². The van der Waals surface area contributed by atoms with Crippen LogP contribution in [0.4, 0.5) is 0 Å². The van der Waals surface area contributed by atoms with Gasteiger partial charge in [0.25, 0.3) is 0 Å². The van der Waals surface area contributed by atoms with Crippen LogP contribution >= 0.6 is 15.9 Å². The van der Waals surface area contributed by atoms with Crippen LogP contribution in [0.2, 0.25) is 0 Å². The Morgan fingerprint density at radius 3 is 2.89 bits per heavy atom. The zero-order valence-electron chi connectivity index (χ0n) is 10.3. The third-order valence-corrected chi connectivity index (χ3v) is 3.24. The maximum atomic E-state index is 4.34. The fourth-order valence-corrected chi connectivity index (χ4v) is 2.21. The smallest absolute Gasteiger partial charge is 0.0715 e. The summed E-state index contributed by atoms with van der Waals surface area (Å²) in [7, 11) is 1.88. The van der Waals surface area contributed by atoms with Crippen molar-refractivity contribution in [2.24, 2.45) is 7.05 Å².